The molecule has 1 fully saturated rings. The number of H-pyrrole nitrogens is 1. The molecule has 0 unspecified atom stereocenters. The average Bonchev–Trinajstić information content (AvgIpc) is 3.41. The summed E-state index contributed by atoms with van der Waals surface area (Å²) in [4.78, 5) is 36.3. The van der Waals surface area contributed by atoms with Crippen LogP contribution >= 0.6 is 11.3 Å². The van der Waals surface area contributed by atoms with Crippen LogP contribution < -0.4 is 5.32 Å². The first-order chi connectivity index (χ1) is 14.5. The number of thiophene rings is 1. The van der Waals surface area contributed by atoms with Crippen molar-refractivity contribution in [3.8, 4) is 11.3 Å². The van der Waals surface area contributed by atoms with Gasteiger partial charge in [0.25, 0.3) is 5.91 Å². The quantitative estimate of drug-likeness (QED) is 0.646. The summed E-state index contributed by atoms with van der Waals surface area (Å²) in [5, 5.41) is 2.73. The van der Waals surface area contributed by atoms with Crippen molar-refractivity contribution in [2.75, 3.05) is 13.1 Å². The third kappa shape index (κ3) is 4.43. The second kappa shape index (κ2) is 8.79. The molecule has 1 aliphatic rings. The number of piperidine rings is 1. The van der Waals surface area contributed by atoms with E-state index in [9.17, 15) is 14.0 Å². The number of halogens is 1. The molecular weight excluding hydrogens is 403 g/mol. The lowest BCUT2D eigenvalue weighted by atomic mass is 10.0. The van der Waals surface area contributed by atoms with Crippen LogP contribution in [0.15, 0.2) is 42.6 Å². The van der Waals surface area contributed by atoms with E-state index >= 15 is 0 Å². The van der Waals surface area contributed by atoms with Crippen LogP contribution in [0, 0.1) is 12.7 Å². The van der Waals surface area contributed by atoms with Crippen LogP contribution in [0.1, 0.15) is 45.7 Å². The maximum atomic E-state index is 13.5. The maximum absolute atomic E-state index is 13.5. The van der Waals surface area contributed by atoms with Crippen molar-refractivity contribution in [2.45, 2.75) is 32.2 Å². The molecule has 6 nitrogen and oxygen atoms in total. The fourth-order valence-electron chi connectivity index (χ4n) is 3.72. The molecule has 1 atom stereocenters. The summed E-state index contributed by atoms with van der Waals surface area (Å²) in [6.45, 7) is 2.50. The number of aromatic amines is 1. The van der Waals surface area contributed by atoms with Gasteiger partial charge in [-0.1, -0.05) is 12.1 Å². The first-order valence-corrected chi connectivity index (χ1v) is 10.8. The van der Waals surface area contributed by atoms with Gasteiger partial charge in [-0.25, -0.2) is 9.37 Å². The Bertz CT molecular complexity index is 1060. The fraction of sp³-hybridized carbons (Fsp3) is 0.318. The number of nitrogens with one attached hydrogen (secondary N) is 2. The number of rotatable bonds is 5. The van der Waals surface area contributed by atoms with Gasteiger partial charge in [-0.15, -0.1) is 11.3 Å². The molecule has 1 aromatic carbocycles. The average molecular weight is 427 g/mol. The minimum Gasteiger partial charge on any atom is -0.342 e. The topological polar surface area (TPSA) is 78.1 Å². The normalized spacial score (nSPS) is 16.5. The van der Waals surface area contributed by atoms with Gasteiger partial charge in [0.2, 0.25) is 5.91 Å². The maximum Gasteiger partial charge on any atom is 0.261 e. The highest BCUT2D eigenvalue weighted by Gasteiger charge is 2.30. The number of likely N-dealkylation sites (tertiary alicyclic amines) is 1. The van der Waals surface area contributed by atoms with Crippen LogP contribution in [0.3, 0.4) is 0 Å². The summed E-state index contributed by atoms with van der Waals surface area (Å²) in [5.41, 5.74) is 1.42. The van der Waals surface area contributed by atoms with E-state index in [-0.39, 0.29) is 30.2 Å². The molecule has 4 rings (SSSR count). The molecule has 8 heteroatoms. The number of benzene rings is 1. The van der Waals surface area contributed by atoms with E-state index in [2.05, 4.69) is 15.3 Å². The Hall–Kier alpha value is -3.00. The number of nitrogens with zero attached hydrogens (tertiary/aromatic N) is 2. The molecule has 0 aliphatic carbocycles. The number of amides is 2. The van der Waals surface area contributed by atoms with Crippen molar-refractivity contribution in [3.63, 3.8) is 0 Å². The van der Waals surface area contributed by atoms with Crippen LogP contribution in [0.2, 0.25) is 0 Å². The van der Waals surface area contributed by atoms with Gasteiger partial charge in [0.05, 0.1) is 29.4 Å². The van der Waals surface area contributed by atoms with Crippen molar-refractivity contribution in [1.82, 2.24) is 20.2 Å². The fourth-order valence-corrected chi connectivity index (χ4v) is 4.51. The van der Waals surface area contributed by atoms with Gasteiger partial charge in [-0.05, 0) is 50.5 Å². The van der Waals surface area contributed by atoms with E-state index in [1.54, 1.807) is 23.2 Å². The van der Waals surface area contributed by atoms with Crippen LogP contribution in [0.4, 0.5) is 4.39 Å². The van der Waals surface area contributed by atoms with Crippen LogP contribution in [-0.4, -0.2) is 39.8 Å². The monoisotopic (exact) mass is 426 g/mol. The predicted molar refractivity (Wildman–Crippen MR) is 114 cm³/mol. The number of aromatic nitrogens is 2. The van der Waals surface area contributed by atoms with Crippen molar-refractivity contribution in [3.05, 3.63) is 64.0 Å². The lowest BCUT2D eigenvalue weighted by Gasteiger charge is -2.34. The standard InChI is InChI=1S/C22H23FN4O2S/c1-14-8-9-19(30-14)22(29)25-13-20(28)27-10-3-2-7-18(27)21-24-12-17(26-21)15-5-4-6-16(23)11-15/h4-6,8-9,11-12,18H,2-3,7,10,13H2,1H3,(H,24,26)(H,25,29)/t18-/m0/s1. The second-order valence-corrected chi connectivity index (χ2v) is 8.67. The molecule has 1 saturated heterocycles. The number of hydrogen-bond acceptors (Lipinski definition) is 4. The van der Waals surface area contributed by atoms with Crippen molar-refractivity contribution >= 4 is 23.2 Å². The SMILES string of the molecule is Cc1ccc(C(=O)NCC(=O)N2CCCC[C@H]2c2ncc(-c3cccc(F)c3)[nH]2)s1. The van der Waals surface area contributed by atoms with Crippen molar-refractivity contribution < 1.29 is 14.0 Å². The second-order valence-electron chi connectivity index (χ2n) is 7.38. The lowest BCUT2D eigenvalue weighted by Crippen LogP contribution is -2.44. The van der Waals surface area contributed by atoms with Crippen LogP contribution in [0.25, 0.3) is 11.3 Å². The van der Waals surface area contributed by atoms with Gasteiger partial charge in [-0.2, -0.15) is 0 Å². The van der Waals surface area contributed by atoms with Gasteiger partial charge >= 0.3 is 0 Å². The van der Waals surface area contributed by atoms with Gasteiger partial charge in [-0.3, -0.25) is 9.59 Å². The van der Waals surface area contributed by atoms with Gasteiger partial charge in [0.15, 0.2) is 0 Å². The molecule has 2 aromatic heterocycles. The molecule has 0 saturated carbocycles. The molecule has 0 spiro atoms. The molecule has 3 heterocycles. The Kier molecular flexibility index (Phi) is 5.94. The third-order valence-electron chi connectivity index (χ3n) is 5.23. The van der Waals surface area contributed by atoms with Crippen molar-refractivity contribution in [2.24, 2.45) is 0 Å². The third-order valence-corrected chi connectivity index (χ3v) is 6.23. The molecule has 2 N–H and O–H groups in total. The first kappa shape index (κ1) is 20.3. The van der Waals surface area contributed by atoms with Crippen LogP contribution in [0.5, 0.6) is 0 Å². The zero-order chi connectivity index (χ0) is 21.1. The zero-order valence-corrected chi connectivity index (χ0v) is 17.5. The molecule has 30 heavy (non-hydrogen) atoms. The van der Waals surface area contributed by atoms with E-state index in [1.807, 2.05) is 19.1 Å². The summed E-state index contributed by atoms with van der Waals surface area (Å²) in [7, 11) is 0. The minimum absolute atomic E-state index is 0.0518. The largest absolute Gasteiger partial charge is 0.342 e. The number of carbonyl (C=O) groups is 2. The predicted octanol–water partition coefficient (Wildman–Crippen LogP) is 4.07. The molecule has 0 radical (unpaired) electrons. The highest BCUT2D eigenvalue weighted by molar-refractivity contribution is 7.13. The number of imidazole rings is 1. The molecule has 156 valence electrons. The summed E-state index contributed by atoms with van der Waals surface area (Å²) >= 11 is 1.40. The van der Waals surface area contributed by atoms with Gasteiger partial charge < -0.3 is 15.2 Å². The summed E-state index contributed by atoms with van der Waals surface area (Å²) < 4.78 is 13.5. The number of aryl methyl sites for hydroxylation is 1. The molecule has 2 amide bonds. The molecule has 1 aliphatic heterocycles. The van der Waals surface area contributed by atoms with Gasteiger partial charge in [0.1, 0.15) is 11.6 Å². The summed E-state index contributed by atoms with van der Waals surface area (Å²) in [5.74, 6) is 0.00347. The molecule has 0 bridgehead atoms. The zero-order valence-electron chi connectivity index (χ0n) is 16.7. The molecule has 3 aromatic rings. The molecular formula is C22H23FN4O2S. The summed E-state index contributed by atoms with van der Waals surface area (Å²) in [6.07, 6.45) is 4.37. The van der Waals surface area contributed by atoms with Crippen molar-refractivity contribution in [1.29, 1.82) is 0 Å². The number of hydrogen-bond donors (Lipinski definition) is 2. The Morgan fingerprint density at radius 1 is 1.30 bits per heavy atom. The Balaban J connectivity index is 1.45. The Morgan fingerprint density at radius 2 is 2.17 bits per heavy atom. The lowest BCUT2D eigenvalue weighted by molar-refractivity contribution is -0.134. The van der Waals surface area contributed by atoms with Gasteiger partial charge in [0, 0.05) is 17.0 Å². The first-order valence-electron chi connectivity index (χ1n) is 9.96. The van der Waals surface area contributed by atoms with E-state index in [4.69, 9.17) is 0 Å². The number of carbonyl (C=O) groups excluding carboxylic acids is 2. The highest BCUT2D eigenvalue weighted by atomic mass is 32.1. The smallest absolute Gasteiger partial charge is 0.261 e. The van der Waals surface area contributed by atoms with E-state index < -0.39 is 0 Å². The van der Waals surface area contributed by atoms with E-state index in [1.165, 1.54) is 23.5 Å². The highest BCUT2D eigenvalue weighted by Crippen LogP contribution is 2.30. The van der Waals surface area contributed by atoms with E-state index in [0.29, 0.717) is 28.5 Å². The Morgan fingerprint density at radius 3 is 2.93 bits per heavy atom. The Labute approximate surface area is 178 Å². The van der Waals surface area contributed by atoms with E-state index in [0.717, 1.165) is 24.1 Å². The summed E-state index contributed by atoms with van der Waals surface area (Å²) in [6, 6.07) is 9.77. The minimum atomic E-state index is -0.310. The van der Waals surface area contributed by atoms with Crippen LogP contribution in [-0.2, 0) is 4.79 Å².